The lowest BCUT2D eigenvalue weighted by atomic mass is 10.1. The fourth-order valence-corrected chi connectivity index (χ4v) is 3.40. The minimum Gasteiger partial charge on any atom is -0.324 e. The first-order valence-electron chi connectivity index (χ1n) is 9.13. The predicted octanol–water partition coefficient (Wildman–Crippen LogP) is 2.51. The summed E-state index contributed by atoms with van der Waals surface area (Å²) in [6.45, 7) is 3.56. The number of amides is 3. The van der Waals surface area contributed by atoms with Crippen molar-refractivity contribution >= 4 is 29.1 Å². The van der Waals surface area contributed by atoms with Crippen LogP contribution in [0.15, 0.2) is 46.7 Å². The molecular weight excluding hydrogens is 396 g/mol. The van der Waals surface area contributed by atoms with Crippen molar-refractivity contribution < 1.29 is 23.2 Å². The van der Waals surface area contributed by atoms with Crippen LogP contribution in [0.2, 0.25) is 0 Å². The van der Waals surface area contributed by atoms with Crippen LogP contribution in [0.5, 0.6) is 0 Å². The summed E-state index contributed by atoms with van der Waals surface area (Å²) in [6, 6.07) is 5.91. The number of rotatable bonds is 4. The van der Waals surface area contributed by atoms with Crippen LogP contribution in [-0.2, 0) is 14.4 Å². The Bertz CT molecular complexity index is 1100. The standard InChI is InChI=1S/C20H17F2N5O3/c1-10-3-4-12(7-11(10)2)23-16(28)9-26-18-17(24-25-26)19(29)27(20(18)30)13-5-6-14(21)15(22)8-13/h3-8,17-18H,9H2,1-2H3,(H,23,28)/t17-,18-/m1/s1. The molecule has 2 aromatic rings. The van der Waals surface area contributed by atoms with Crippen LogP contribution in [0.25, 0.3) is 0 Å². The number of nitrogens with zero attached hydrogens (tertiary/aromatic N) is 4. The molecule has 0 saturated carbocycles. The molecule has 2 atom stereocenters. The summed E-state index contributed by atoms with van der Waals surface area (Å²) in [5.74, 6) is -4.14. The molecule has 10 heteroatoms. The summed E-state index contributed by atoms with van der Waals surface area (Å²) >= 11 is 0. The van der Waals surface area contributed by atoms with E-state index in [4.69, 9.17) is 0 Å². The number of fused-ring (bicyclic) bond motifs is 1. The Hall–Kier alpha value is -3.69. The maximum Gasteiger partial charge on any atom is 0.263 e. The highest BCUT2D eigenvalue weighted by Crippen LogP contribution is 2.32. The molecule has 30 heavy (non-hydrogen) atoms. The van der Waals surface area contributed by atoms with Gasteiger partial charge in [0.05, 0.1) is 5.69 Å². The van der Waals surface area contributed by atoms with Crippen molar-refractivity contribution in [1.29, 1.82) is 0 Å². The van der Waals surface area contributed by atoms with Gasteiger partial charge in [-0.2, -0.15) is 5.11 Å². The van der Waals surface area contributed by atoms with Crippen molar-refractivity contribution in [1.82, 2.24) is 5.01 Å². The van der Waals surface area contributed by atoms with Crippen molar-refractivity contribution in [3.63, 3.8) is 0 Å². The molecule has 0 spiro atoms. The van der Waals surface area contributed by atoms with Crippen LogP contribution >= 0.6 is 0 Å². The molecule has 4 rings (SSSR count). The monoisotopic (exact) mass is 413 g/mol. The van der Waals surface area contributed by atoms with Gasteiger partial charge in [0.2, 0.25) is 5.91 Å². The van der Waals surface area contributed by atoms with E-state index >= 15 is 0 Å². The highest BCUT2D eigenvalue weighted by Gasteiger charge is 2.55. The van der Waals surface area contributed by atoms with E-state index in [1.54, 1.807) is 6.07 Å². The lowest BCUT2D eigenvalue weighted by molar-refractivity contribution is -0.123. The third kappa shape index (κ3) is 3.30. The van der Waals surface area contributed by atoms with Gasteiger partial charge in [0.1, 0.15) is 6.54 Å². The molecule has 1 N–H and O–H groups in total. The fourth-order valence-electron chi connectivity index (χ4n) is 3.40. The smallest absolute Gasteiger partial charge is 0.263 e. The number of halogens is 2. The molecule has 3 amide bonds. The normalized spacial score (nSPS) is 20.1. The first-order valence-corrected chi connectivity index (χ1v) is 9.13. The third-order valence-electron chi connectivity index (χ3n) is 5.12. The molecule has 2 aliphatic heterocycles. The molecule has 0 aliphatic carbocycles. The topological polar surface area (TPSA) is 94.4 Å². The van der Waals surface area contributed by atoms with Gasteiger partial charge in [-0.25, -0.2) is 13.7 Å². The number of aryl methyl sites for hydroxylation is 2. The summed E-state index contributed by atoms with van der Waals surface area (Å²) < 4.78 is 26.7. The molecule has 1 saturated heterocycles. The van der Waals surface area contributed by atoms with E-state index in [1.807, 2.05) is 26.0 Å². The quantitative estimate of drug-likeness (QED) is 0.780. The van der Waals surface area contributed by atoms with Crippen molar-refractivity contribution in [3.05, 3.63) is 59.2 Å². The molecular formula is C20H17F2N5O3. The predicted molar refractivity (Wildman–Crippen MR) is 103 cm³/mol. The molecule has 2 aliphatic rings. The van der Waals surface area contributed by atoms with Crippen LogP contribution < -0.4 is 10.2 Å². The number of benzene rings is 2. The second-order valence-electron chi connectivity index (χ2n) is 7.15. The SMILES string of the molecule is Cc1ccc(NC(=O)CN2N=N[C@H]3C(=O)N(c4ccc(F)c(F)c4)C(=O)[C@@H]32)cc1C. The molecule has 154 valence electrons. The Morgan fingerprint density at radius 2 is 1.80 bits per heavy atom. The zero-order valence-corrected chi connectivity index (χ0v) is 16.1. The molecule has 0 radical (unpaired) electrons. The third-order valence-corrected chi connectivity index (χ3v) is 5.12. The maximum absolute atomic E-state index is 13.6. The Morgan fingerprint density at radius 1 is 1.03 bits per heavy atom. The summed E-state index contributed by atoms with van der Waals surface area (Å²) in [5.41, 5.74) is 2.57. The molecule has 1 fully saturated rings. The van der Waals surface area contributed by atoms with Gasteiger partial charge in [-0.1, -0.05) is 11.3 Å². The van der Waals surface area contributed by atoms with Gasteiger partial charge in [-0.3, -0.25) is 19.4 Å². The number of carbonyl (C=O) groups excluding carboxylic acids is 3. The fraction of sp³-hybridized carbons (Fsp3) is 0.250. The van der Waals surface area contributed by atoms with E-state index in [0.29, 0.717) is 5.69 Å². The largest absolute Gasteiger partial charge is 0.324 e. The van der Waals surface area contributed by atoms with Crippen LogP contribution in [0.1, 0.15) is 11.1 Å². The molecule has 0 aromatic heterocycles. The van der Waals surface area contributed by atoms with Crippen molar-refractivity contribution in [2.24, 2.45) is 10.3 Å². The number of carbonyl (C=O) groups is 3. The summed E-state index contributed by atoms with van der Waals surface area (Å²) in [6.07, 6.45) is 0. The average Bonchev–Trinajstić information content (AvgIpc) is 3.21. The van der Waals surface area contributed by atoms with E-state index < -0.39 is 41.4 Å². The minimum atomic E-state index is -1.18. The van der Waals surface area contributed by atoms with Gasteiger partial charge in [0.25, 0.3) is 11.8 Å². The molecule has 0 unspecified atom stereocenters. The Labute approximate surface area is 170 Å². The van der Waals surface area contributed by atoms with E-state index in [2.05, 4.69) is 15.7 Å². The van der Waals surface area contributed by atoms with Crippen LogP contribution in [0.4, 0.5) is 20.2 Å². The van der Waals surface area contributed by atoms with Gasteiger partial charge in [-0.15, -0.1) is 0 Å². The van der Waals surface area contributed by atoms with Gasteiger partial charge >= 0.3 is 0 Å². The number of nitrogens with one attached hydrogen (secondary N) is 1. The van der Waals surface area contributed by atoms with Crippen LogP contribution in [0.3, 0.4) is 0 Å². The maximum atomic E-state index is 13.6. The summed E-state index contributed by atoms with van der Waals surface area (Å²) in [7, 11) is 0. The van der Waals surface area contributed by atoms with Crippen molar-refractivity contribution in [3.8, 4) is 0 Å². The van der Waals surface area contributed by atoms with Crippen LogP contribution in [0, 0.1) is 25.5 Å². The Balaban J connectivity index is 1.49. The molecule has 0 bridgehead atoms. The lowest BCUT2D eigenvalue weighted by Crippen LogP contribution is -2.43. The van der Waals surface area contributed by atoms with Gasteiger partial charge in [-0.05, 0) is 49.2 Å². The lowest BCUT2D eigenvalue weighted by Gasteiger charge is -2.20. The molecule has 8 nitrogen and oxygen atoms in total. The Kier molecular flexibility index (Phi) is 4.76. The summed E-state index contributed by atoms with van der Waals surface area (Å²) in [4.78, 5) is 38.6. The van der Waals surface area contributed by atoms with Gasteiger partial charge < -0.3 is 5.32 Å². The zero-order chi connectivity index (χ0) is 21.6. The van der Waals surface area contributed by atoms with Gasteiger partial charge in [0.15, 0.2) is 23.7 Å². The zero-order valence-electron chi connectivity index (χ0n) is 16.1. The molecule has 2 heterocycles. The van der Waals surface area contributed by atoms with E-state index in [-0.39, 0.29) is 12.2 Å². The highest BCUT2D eigenvalue weighted by molar-refractivity contribution is 6.25. The first kappa shape index (κ1) is 19.6. The van der Waals surface area contributed by atoms with E-state index in [1.165, 1.54) is 0 Å². The summed E-state index contributed by atoms with van der Waals surface area (Å²) in [5, 5.41) is 11.4. The average molecular weight is 413 g/mol. The van der Waals surface area contributed by atoms with Gasteiger partial charge in [0, 0.05) is 11.8 Å². The highest BCUT2D eigenvalue weighted by atomic mass is 19.2. The van der Waals surface area contributed by atoms with E-state index in [9.17, 15) is 23.2 Å². The van der Waals surface area contributed by atoms with Crippen LogP contribution in [-0.4, -0.2) is 41.4 Å². The number of anilines is 2. The first-order chi connectivity index (χ1) is 14.3. The van der Waals surface area contributed by atoms with Crippen molar-refractivity contribution in [2.75, 3.05) is 16.8 Å². The number of hydrogen-bond donors (Lipinski definition) is 1. The second-order valence-corrected chi connectivity index (χ2v) is 7.15. The Morgan fingerprint density at radius 3 is 2.50 bits per heavy atom. The number of imide groups is 1. The number of hydrogen-bond acceptors (Lipinski definition) is 6. The molecule has 2 aromatic carbocycles. The van der Waals surface area contributed by atoms with E-state index in [0.717, 1.165) is 39.2 Å². The van der Waals surface area contributed by atoms with Crippen molar-refractivity contribution in [2.45, 2.75) is 25.9 Å². The minimum absolute atomic E-state index is 0.104. The second kappa shape index (κ2) is 7.29.